The van der Waals surface area contributed by atoms with Crippen LogP contribution in [-0.4, -0.2) is 19.0 Å². The van der Waals surface area contributed by atoms with Gasteiger partial charge in [-0.2, -0.15) is 0 Å². The van der Waals surface area contributed by atoms with Crippen LogP contribution in [-0.2, 0) is 11.2 Å². The van der Waals surface area contributed by atoms with Gasteiger partial charge in [-0.3, -0.25) is 4.79 Å². The quantitative estimate of drug-likeness (QED) is 0.892. The number of rotatable bonds is 4. The van der Waals surface area contributed by atoms with E-state index in [1.807, 2.05) is 12.1 Å². The predicted molar refractivity (Wildman–Crippen MR) is 90.0 cm³/mol. The van der Waals surface area contributed by atoms with E-state index in [2.05, 4.69) is 23.6 Å². The Hall–Kier alpha value is -1.06. The summed E-state index contributed by atoms with van der Waals surface area (Å²) in [6, 6.07) is 6.14. The van der Waals surface area contributed by atoms with Crippen molar-refractivity contribution in [2.24, 2.45) is 11.8 Å². The first-order valence-electron chi connectivity index (χ1n) is 8.42. The fraction of sp³-hybridized carbons (Fsp3) is 0.611. The summed E-state index contributed by atoms with van der Waals surface area (Å²) in [5.41, 5.74) is 2.41. The van der Waals surface area contributed by atoms with Crippen LogP contribution in [0.15, 0.2) is 18.2 Å². The van der Waals surface area contributed by atoms with Crippen molar-refractivity contribution in [1.29, 1.82) is 0 Å². The molecule has 2 unspecified atom stereocenters. The van der Waals surface area contributed by atoms with Gasteiger partial charge in [-0.1, -0.05) is 30.7 Å². The molecular formula is C18H25ClN2O. The molecule has 2 atom stereocenters. The van der Waals surface area contributed by atoms with E-state index in [9.17, 15) is 4.79 Å². The third-order valence-corrected chi connectivity index (χ3v) is 5.60. The Morgan fingerprint density at radius 3 is 2.91 bits per heavy atom. The van der Waals surface area contributed by atoms with Crippen molar-refractivity contribution in [3.8, 4) is 0 Å². The lowest BCUT2D eigenvalue weighted by molar-refractivity contribution is -0.123. The second kappa shape index (κ2) is 7.01. The number of halogens is 1. The third-order valence-electron chi connectivity index (χ3n) is 5.24. The topological polar surface area (TPSA) is 41.1 Å². The van der Waals surface area contributed by atoms with Crippen LogP contribution in [0.4, 0.5) is 0 Å². The summed E-state index contributed by atoms with van der Waals surface area (Å²) in [5, 5.41) is 7.43. The van der Waals surface area contributed by atoms with Gasteiger partial charge in [0.15, 0.2) is 0 Å². The van der Waals surface area contributed by atoms with Crippen molar-refractivity contribution >= 4 is 17.5 Å². The van der Waals surface area contributed by atoms with E-state index in [1.54, 1.807) is 0 Å². The smallest absolute Gasteiger partial charge is 0.220 e. The van der Waals surface area contributed by atoms with E-state index in [1.165, 1.54) is 24.0 Å². The SMILES string of the molecule is CC(CC(=O)NC1CCc2c(Cl)cccc21)C1CCNCC1. The van der Waals surface area contributed by atoms with Gasteiger partial charge < -0.3 is 10.6 Å². The van der Waals surface area contributed by atoms with Crippen molar-refractivity contribution in [3.63, 3.8) is 0 Å². The molecule has 22 heavy (non-hydrogen) atoms. The lowest BCUT2D eigenvalue weighted by Crippen LogP contribution is -2.34. The van der Waals surface area contributed by atoms with Gasteiger partial charge in [-0.15, -0.1) is 0 Å². The fourth-order valence-electron chi connectivity index (χ4n) is 3.89. The van der Waals surface area contributed by atoms with E-state index in [0.717, 1.165) is 31.0 Å². The van der Waals surface area contributed by atoms with Crippen molar-refractivity contribution in [2.45, 2.75) is 45.1 Å². The van der Waals surface area contributed by atoms with Gasteiger partial charge in [-0.05, 0) is 67.8 Å². The van der Waals surface area contributed by atoms with Gasteiger partial charge in [0, 0.05) is 11.4 Å². The number of carbonyl (C=O) groups excluding carboxylic acids is 1. The first-order chi connectivity index (χ1) is 10.6. The molecule has 0 spiro atoms. The summed E-state index contributed by atoms with van der Waals surface area (Å²) in [6.45, 7) is 4.39. The molecule has 1 fully saturated rings. The maximum atomic E-state index is 12.4. The van der Waals surface area contributed by atoms with E-state index >= 15 is 0 Å². The van der Waals surface area contributed by atoms with Crippen LogP contribution in [0.3, 0.4) is 0 Å². The van der Waals surface area contributed by atoms with Crippen molar-refractivity contribution in [2.75, 3.05) is 13.1 Å². The molecule has 0 bridgehead atoms. The van der Waals surface area contributed by atoms with E-state index in [0.29, 0.717) is 18.3 Å². The Morgan fingerprint density at radius 2 is 2.14 bits per heavy atom. The highest BCUT2D eigenvalue weighted by Gasteiger charge is 2.27. The number of amides is 1. The molecule has 1 aliphatic carbocycles. The molecule has 2 N–H and O–H groups in total. The number of hydrogen-bond acceptors (Lipinski definition) is 2. The molecule has 1 aromatic rings. The van der Waals surface area contributed by atoms with Crippen LogP contribution in [0.5, 0.6) is 0 Å². The summed E-state index contributed by atoms with van der Waals surface area (Å²) in [7, 11) is 0. The summed E-state index contributed by atoms with van der Waals surface area (Å²) in [6.07, 6.45) is 4.94. The van der Waals surface area contributed by atoms with Crippen molar-refractivity contribution in [1.82, 2.24) is 10.6 Å². The van der Waals surface area contributed by atoms with Gasteiger partial charge in [0.1, 0.15) is 0 Å². The molecule has 0 radical (unpaired) electrons. The fourth-order valence-corrected chi connectivity index (χ4v) is 4.16. The zero-order chi connectivity index (χ0) is 15.5. The number of hydrogen-bond donors (Lipinski definition) is 2. The standard InChI is InChI=1S/C18H25ClN2O/c1-12(13-7-9-20-10-8-13)11-18(22)21-17-6-5-14-15(17)3-2-4-16(14)19/h2-4,12-13,17,20H,5-11H2,1H3,(H,21,22). The molecule has 0 saturated carbocycles. The molecule has 1 saturated heterocycles. The number of carbonyl (C=O) groups is 1. The minimum absolute atomic E-state index is 0.140. The van der Waals surface area contributed by atoms with Crippen LogP contribution >= 0.6 is 11.6 Å². The number of nitrogens with one attached hydrogen (secondary N) is 2. The van der Waals surface area contributed by atoms with E-state index < -0.39 is 0 Å². The summed E-state index contributed by atoms with van der Waals surface area (Å²) >= 11 is 6.24. The average molecular weight is 321 g/mol. The Morgan fingerprint density at radius 1 is 1.36 bits per heavy atom. The van der Waals surface area contributed by atoms with E-state index in [-0.39, 0.29) is 11.9 Å². The minimum Gasteiger partial charge on any atom is -0.349 e. The Bertz CT molecular complexity index is 540. The Balaban J connectivity index is 1.56. The molecule has 1 amide bonds. The van der Waals surface area contributed by atoms with Crippen LogP contribution in [0.1, 0.15) is 49.8 Å². The normalized spacial score (nSPS) is 23.1. The van der Waals surface area contributed by atoms with Gasteiger partial charge >= 0.3 is 0 Å². The van der Waals surface area contributed by atoms with Crippen molar-refractivity contribution in [3.05, 3.63) is 34.3 Å². The second-order valence-electron chi connectivity index (χ2n) is 6.74. The molecule has 2 aliphatic rings. The second-order valence-corrected chi connectivity index (χ2v) is 7.14. The first kappa shape index (κ1) is 15.8. The molecule has 120 valence electrons. The van der Waals surface area contributed by atoms with Gasteiger partial charge in [0.25, 0.3) is 0 Å². The molecule has 3 rings (SSSR count). The maximum Gasteiger partial charge on any atom is 0.220 e. The average Bonchev–Trinajstić information content (AvgIpc) is 2.92. The minimum atomic E-state index is 0.140. The van der Waals surface area contributed by atoms with Gasteiger partial charge in [-0.25, -0.2) is 0 Å². The van der Waals surface area contributed by atoms with Crippen LogP contribution in [0.25, 0.3) is 0 Å². The molecular weight excluding hydrogens is 296 g/mol. The maximum absolute atomic E-state index is 12.4. The molecule has 1 heterocycles. The van der Waals surface area contributed by atoms with Gasteiger partial charge in [0.2, 0.25) is 5.91 Å². The van der Waals surface area contributed by atoms with Crippen molar-refractivity contribution < 1.29 is 4.79 Å². The number of fused-ring (bicyclic) bond motifs is 1. The summed E-state index contributed by atoms with van der Waals surface area (Å²) in [4.78, 5) is 12.4. The molecule has 4 heteroatoms. The van der Waals surface area contributed by atoms with Gasteiger partial charge in [0.05, 0.1) is 6.04 Å². The highest BCUT2D eigenvalue weighted by molar-refractivity contribution is 6.31. The molecule has 1 aliphatic heterocycles. The molecule has 3 nitrogen and oxygen atoms in total. The lowest BCUT2D eigenvalue weighted by atomic mass is 9.84. The highest BCUT2D eigenvalue weighted by Crippen LogP contribution is 2.35. The zero-order valence-electron chi connectivity index (χ0n) is 13.2. The van der Waals surface area contributed by atoms with Crippen LogP contribution in [0, 0.1) is 11.8 Å². The highest BCUT2D eigenvalue weighted by atomic mass is 35.5. The zero-order valence-corrected chi connectivity index (χ0v) is 14.0. The van der Waals surface area contributed by atoms with Crippen LogP contribution in [0.2, 0.25) is 5.02 Å². The first-order valence-corrected chi connectivity index (χ1v) is 8.80. The largest absolute Gasteiger partial charge is 0.349 e. The summed E-state index contributed by atoms with van der Waals surface area (Å²) in [5.74, 6) is 1.32. The third kappa shape index (κ3) is 3.47. The number of benzene rings is 1. The lowest BCUT2D eigenvalue weighted by Gasteiger charge is -2.28. The summed E-state index contributed by atoms with van der Waals surface area (Å²) < 4.78 is 0. The molecule has 1 aromatic carbocycles. The monoisotopic (exact) mass is 320 g/mol. The van der Waals surface area contributed by atoms with E-state index in [4.69, 9.17) is 11.6 Å². The predicted octanol–water partition coefficient (Wildman–Crippen LogP) is 3.47. The number of piperidine rings is 1. The molecule has 0 aromatic heterocycles. The Labute approximate surface area is 137 Å². The van der Waals surface area contributed by atoms with Crippen LogP contribution < -0.4 is 10.6 Å². The Kier molecular flexibility index (Phi) is 5.04.